The monoisotopic (exact) mass is 739 g/mol. The fourth-order valence-electron chi connectivity index (χ4n) is 8.72. The summed E-state index contributed by atoms with van der Waals surface area (Å²) in [7, 11) is 0. The minimum Gasteiger partial charge on any atom is -0.455 e. The molecular formula is C56H37NO. The fourth-order valence-corrected chi connectivity index (χ4v) is 8.72. The van der Waals surface area contributed by atoms with Crippen molar-refractivity contribution in [2.75, 3.05) is 4.90 Å². The molecule has 0 spiro atoms. The Morgan fingerprint density at radius 1 is 0.310 bits per heavy atom. The Bertz CT molecular complexity index is 3250. The Labute approximate surface area is 337 Å². The van der Waals surface area contributed by atoms with E-state index in [9.17, 15) is 0 Å². The maximum absolute atomic E-state index is 7.02. The third kappa shape index (κ3) is 5.74. The Kier molecular flexibility index (Phi) is 8.19. The first-order chi connectivity index (χ1) is 28.8. The molecule has 0 unspecified atom stereocenters. The van der Waals surface area contributed by atoms with Crippen LogP contribution in [0.3, 0.4) is 0 Å². The molecule has 1 aromatic heterocycles. The molecule has 2 heteroatoms. The second kappa shape index (κ2) is 14.1. The van der Waals surface area contributed by atoms with E-state index in [4.69, 9.17) is 4.42 Å². The molecule has 1 heterocycles. The van der Waals surface area contributed by atoms with Crippen molar-refractivity contribution in [2.24, 2.45) is 0 Å². The molecule has 0 saturated carbocycles. The predicted molar refractivity (Wildman–Crippen MR) is 245 cm³/mol. The van der Waals surface area contributed by atoms with Crippen molar-refractivity contribution in [3.63, 3.8) is 0 Å². The highest BCUT2D eigenvalue weighted by molar-refractivity contribution is 6.29. The topological polar surface area (TPSA) is 16.4 Å². The van der Waals surface area contributed by atoms with Gasteiger partial charge in [0.25, 0.3) is 0 Å². The fraction of sp³-hybridized carbons (Fsp3) is 0. The summed E-state index contributed by atoms with van der Waals surface area (Å²) >= 11 is 0. The van der Waals surface area contributed by atoms with Gasteiger partial charge < -0.3 is 9.32 Å². The maximum Gasteiger partial charge on any atom is 0.143 e. The summed E-state index contributed by atoms with van der Waals surface area (Å²) in [6.07, 6.45) is 0. The zero-order valence-corrected chi connectivity index (χ0v) is 31.7. The molecule has 272 valence electrons. The largest absolute Gasteiger partial charge is 0.455 e. The number of rotatable bonds is 7. The lowest BCUT2D eigenvalue weighted by atomic mass is 9.90. The molecule has 0 bridgehead atoms. The van der Waals surface area contributed by atoms with Crippen LogP contribution >= 0.6 is 0 Å². The third-order valence-corrected chi connectivity index (χ3v) is 11.4. The molecule has 0 saturated heterocycles. The number of hydrogen-bond acceptors (Lipinski definition) is 2. The Hall–Kier alpha value is -7.68. The molecule has 0 aliphatic rings. The highest BCUT2D eigenvalue weighted by Gasteiger charge is 2.23. The molecular weight excluding hydrogens is 703 g/mol. The standard InChI is InChI=1S/C56H37NO/c1-4-16-38(17-5-1)39-30-33-45(34-31-39)57(52-29-15-23-40-18-10-11-26-47(40)52)46-25-14-24-43(36-46)44-32-35-49-48-27-12-13-28-50(48)56-54(51(49)37-44)53(41-19-6-2-7-20-41)55(58-56)42-21-8-3-9-22-42/h1-37H. The molecule has 10 aromatic carbocycles. The lowest BCUT2D eigenvalue weighted by Gasteiger charge is -2.27. The number of anilines is 3. The van der Waals surface area contributed by atoms with Gasteiger partial charge in [0.2, 0.25) is 0 Å². The number of benzene rings is 10. The minimum atomic E-state index is 0.885. The number of fused-ring (bicyclic) bond motifs is 7. The molecule has 58 heavy (non-hydrogen) atoms. The van der Waals surface area contributed by atoms with E-state index in [1.807, 2.05) is 0 Å². The van der Waals surface area contributed by atoms with Gasteiger partial charge in [-0.05, 0) is 85.8 Å². The van der Waals surface area contributed by atoms with Crippen LogP contribution in [0.1, 0.15) is 0 Å². The van der Waals surface area contributed by atoms with Gasteiger partial charge in [-0.25, -0.2) is 0 Å². The second-order valence-corrected chi connectivity index (χ2v) is 14.8. The lowest BCUT2D eigenvalue weighted by Crippen LogP contribution is -2.10. The number of nitrogens with zero attached hydrogens (tertiary/aromatic N) is 1. The quantitative estimate of drug-likeness (QED) is 0.151. The van der Waals surface area contributed by atoms with Crippen LogP contribution in [0.15, 0.2) is 229 Å². The van der Waals surface area contributed by atoms with Crippen molar-refractivity contribution < 1.29 is 4.42 Å². The van der Waals surface area contributed by atoms with Crippen LogP contribution in [-0.4, -0.2) is 0 Å². The first-order valence-corrected chi connectivity index (χ1v) is 19.8. The molecule has 0 aliphatic heterocycles. The van der Waals surface area contributed by atoms with E-state index < -0.39 is 0 Å². The van der Waals surface area contributed by atoms with Gasteiger partial charge in [-0.1, -0.05) is 188 Å². The van der Waals surface area contributed by atoms with Crippen LogP contribution in [-0.2, 0) is 0 Å². The number of hydrogen-bond donors (Lipinski definition) is 0. The smallest absolute Gasteiger partial charge is 0.143 e. The van der Waals surface area contributed by atoms with E-state index in [0.29, 0.717) is 0 Å². The zero-order chi connectivity index (χ0) is 38.4. The molecule has 0 aliphatic carbocycles. The summed E-state index contributed by atoms with van der Waals surface area (Å²) in [5.74, 6) is 0.885. The van der Waals surface area contributed by atoms with Crippen LogP contribution < -0.4 is 4.90 Å². The van der Waals surface area contributed by atoms with E-state index in [1.54, 1.807) is 0 Å². The highest BCUT2D eigenvalue weighted by Crippen LogP contribution is 2.48. The number of furan rings is 1. The lowest BCUT2D eigenvalue weighted by molar-refractivity contribution is 0.636. The first-order valence-electron chi connectivity index (χ1n) is 19.8. The van der Waals surface area contributed by atoms with Gasteiger partial charge >= 0.3 is 0 Å². The van der Waals surface area contributed by atoms with Gasteiger partial charge in [-0.2, -0.15) is 0 Å². The van der Waals surface area contributed by atoms with E-state index >= 15 is 0 Å². The molecule has 0 radical (unpaired) electrons. The summed E-state index contributed by atoms with van der Waals surface area (Å²) < 4.78 is 7.02. The molecule has 0 fully saturated rings. The van der Waals surface area contributed by atoms with Gasteiger partial charge in [0.05, 0.1) is 5.69 Å². The molecule has 11 aromatic rings. The first kappa shape index (κ1) is 33.6. The Morgan fingerprint density at radius 2 is 0.845 bits per heavy atom. The highest BCUT2D eigenvalue weighted by atomic mass is 16.3. The van der Waals surface area contributed by atoms with E-state index in [1.165, 1.54) is 38.1 Å². The average molecular weight is 740 g/mol. The van der Waals surface area contributed by atoms with E-state index in [0.717, 1.165) is 67.0 Å². The minimum absolute atomic E-state index is 0.885. The van der Waals surface area contributed by atoms with Gasteiger partial charge in [0.15, 0.2) is 0 Å². The van der Waals surface area contributed by atoms with Crippen molar-refractivity contribution in [1.82, 2.24) is 0 Å². The summed E-state index contributed by atoms with van der Waals surface area (Å²) in [5.41, 5.74) is 12.2. The molecule has 0 amide bonds. The summed E-state index contributed by atoms with van der Waals surface area (Å²) in [6.45, 7) is 0. The van der Waals surface area contributed by atoms with Crippen LogP contribution in [0, 0.1) is 0 Å². The SMILES string of the molecule is c1ccc(-c2ccc(N(c3cccc(-c4ccc5c6ccccc6c6oc(-c7ccccc7)c(-c7ccccc7)c6c5c4)c3)c3cccc4ccccc34)cc2)cc1. The van der Waals surface area contributed by atoms with Crippen molar-refractivity contribution in [3.05, 3.63) is 224 Å². The zero-order valence-electron chi connectivity index (χ0n) is 31.7. The van der Waals surface area contributed by atoms with Crippen LogP contribution in [0.25, 0.3) is 88.0 Å². The third-order valence-electron chi connectivity index (χ3n) is 11.4. The maximum atomic E-state index is 7.02. The molecule has 0 N–H and O–H groups in total. The van der Waals surface area contributed by atoms with E-state index in [2.05, 4.69) is 229 Å². The average Bonchev–Trinajstić information content (AvgIpc) is 3.72. The van der Waals surface area contributed by atoms with Crippen LogP contribution in [0.4, 0.5) is 17.1 Å². The summed E-state index contributed by atoms with van der Waals surface area (Å²) in [5, 5.41) is 8.21. The van der Waals surface area contributed by atoms with Crippen molar-refractivity contribution >= 4 is 60.3 Å². The normalized spacial score (nSPS) is 11.4. The molecule has 2 nitrogen and oxygen atoms in total. The Balaban J connectivity index is 1.13. The van der Waals surface area contributed by atoms with Crippen molar-refractivity contribution in [1.29, 1.82) is 0 Å². The molecule has 11 rings (SSSR count). The van der Waals surface area contributed by atoms with Gasteiger partial charge in [-0.3, -0.25) is 0 Å². The van der Waals surface area contributed by atoms with E-state index in [-0.39, 0.29) is 0 Å². The van der Waals surface area contributed by atoms with Crippen LogP contribution in [0.5, 0.6) is 0 Å². The second-order valence-electron chi connectivity index (χ2n) is 14.8. The predicted octanol–water partition coefficient (Wildman–Crippen LogP) is 16.0. The summed E-state index contributed by atoms with van der Waals surface area (Å²) in [6, 6.07) is 80.5. The summed E-state index contributed by atoms with van der Waals surface area (Å²) in [4.78, 5) is 2.39. The van der Waals surface area contributed by atoms with Gasteiger partial charge in [0, 0.05) is 38.7 Å². The van der Waals surface area contributed by atoms with Crippen LogP contribution in [0.2, 0.25) is 0 Å². The van der Waals surface area contributed by atoms with Gasteiger partial charge in [-0.15, -0.1) is 0 Å². The molecule has 0 atom stereocenters. The van der Waals surface area contributed by atoms with Crippen molar-refractivity contribution in [2.45, 2.75) is 0 Å². The van der Waals surface area contributed by atoms with Gasteiger partial charge in [0.1, 0.15) is 11.3 Å². The van der Waals surface area contributed by atoms with Crippen molar-refractivity contribution in [3.8, 4) is 44.7 Å². The Morgan fingerprint density at radius 3 is 1.60 bits per heavy atom.